The Morgan fingerprint density at radius 2 is 2.07 bits per heavy atom. The summed E-state index contributed by atoms with van der Waals surface area (Å²) in [5.41, 5.74) is 5.91. The third kappa shape index (κ3) is 5.39. The topological polar surface area (TPSA) is 72.5 Å². The van der Waals surface area contributed by atoms with Crippen LogP contribution >= 0.6 is 11.8 Å². The summed E-state index contributed by atoms with van der Waals surface area (Å²) < 4.78 is 4.53. The second-order valence-corrected chi connectivity index (χ2v) is 5.73. The number of aliphatic hydroxyl groups is 1. The summed E-state index contributed by atoms with van der Waals surface area (Å²) in [6.45, 7) is 6.01. The standard InChI is InChI=1S/C10H21NO3S/c1-10(2,3)9(11)7(5-12)15-6-8(13)14-4/h7,9,12H,5-6,11H2,1-4H3. The van der Waals surface area contributed by atoms with Crippen LogP contribution in [0.5, 0.6) is 0 Å². The first-order chi connectivity index (χ1) is 6.82. The molecule has 0 aromatic carbocycles. The van der Waals surface area contributed by atoms with Gasteiger partial charge in [0.05, 0.1) is 19.5 Å². The minimum atomic E-state index is -0.292. The van der Waals surface area contributed by atoms with E-state index in [1.807, 2.05) is 20.8 Å². The number of rotatable bonds is 5. The van der Waals surface area contributed by atoms with Crippen molar-refractivity contribution in [3.8, 4) is 0 Å². The van der Waals surface area contributed by atoms with E-state index in [0.717, 1.165) is 0 Å². The van der Waals surface area contributed by atoms with Crippen LogP contribution in [0.1, 0.15) is 20.8 Å². The van der Waals surface area contributed by atoms with Crippen LogP contribution in [0, 0.1) is 5.41 Å². The van der Waals surface area contributed by atoms with Crippen LogP contribution < -0.4 is 5.73 Å². The van der Waals surface area contributed by atoms with Crippen molar-refractivity contribution in [3.63, 3.8) is 0 Å². The van der Waals surface area contributed by atoms with Crippen LogP contribution in [0.4, 0.5) is 0 Å². The number of hydrogen-bond acceptors (Lipinski definition) is 5. The monoisotopic (exact) mass is 235 g/mol. The number of esters is 1. The van der Waals surface area contributed by atoms with Gasteiger partial charge in [-0.1, -0.05) is 20.8 Å². The average Bonchev–Trinajstić information content (AvgIpc) is 2.16. The predicted octanol–water partition coefficient (Wildman–Crippen LogP) is 0.627. The van der Waals surface area contributed by atoms with Gasteiger partial charge in [-0.2, -0.15) is 0 Å². The molecule has 0 heterocycles. The molecular formula is C10H21NO3S. The second-order valence-electron chi connectivity index (χ2n) is 4.50. The van der Waals surface area contributed by atoms with E-state index in [9.17, 15) is 9.90 Å². The lowest BCUT2D eigenvalue weighted by Gasteiger charge is -2.32. The van der Waals surface area contributed by atoms with Crippen molar-refractivity contribution in [2.45, 2.75) is 32.1 Å². The molecule has 0 aromatic rings. The molecular weight excluding hydrogens is 214 g/mol. The van der Waals surface area contributed by atoms with Crippen molar-refractivity contribution in [2.75, 3.05) is 19.5 Å². The number of aliphatic hydroxyl groups excluding tert-OH is 1. The normalized spacial score (nSPS) is 15.9. The molecule has 3 N–H and O–H groups in total. The summed E-state index contributed by atoms with van der Waals surface area (Å²) in [6, 6.07) is -0.155. The number of thioether (sulfide) groups is 1. The molecule has 4 nitrogen and oxygen atoms in total. The highest BCUT2D eigenvalue weighted by atomic mass is 32.2. The molecule has 0 amide bonds. The van der Waals surface area contributed by atoms with Gasteiger partial charge in [0.1, 0.15) is 0 Å². The Kier molecular flexibility index (Phi) is 6.24. The molecule has 0 fully saturated rings. The lowest BCUT2D eigenvalue weighted by molar-refractivity contribution is -0.137. The second kappa shape index (κ2) is 6.35. The van der Waals surface area contributed by atoms with Gasteiger partial charge in [0.2, 0.25) is 0 Å². The van der Waals surface area contributed by atoms with Crippen LogP contribution in [-0.2, 0) is 9.53 Å². The Balaban J connectivity index is 4.19. The molecule has 0 spiro atoms. The highest BCUT2D eigenvalue weighted by molar-refractivity contribution is 8.00. The van der Waals surface area contributed by atoms with Crippen LogP contribution in [0.3, 0.4) is 0 Å². The number of nitrogens with two attached hydrogens (primary N) is 1. The summed E-state index contributed by atoms with van der Waals surface area (Å²) in [5, 5.41) is 9.06. The molecule has 0 aliphatic rings. The largest absolute Gasteiger partial charge is 0.468 e. The van der Waals surface area contributed by atoms with Gasteiger partial charge < -0.3 is 15.6 Å². The molecule has 0 rings (SSSR count). The highest BCUT2D eigenvalue weighted by Crippen LogP contribution is 2.26. The Morgan fingerprint density at radius 3 is 2.40 bits per heavy atom. The summed E-state index contributed by atoms with van der Waals surface area (Å²) in [6.07, 6.45) is 0. The lowest BCUT2D eigenvalue weighted by atomic mass is 9.85. The van der Waals surface area contributed by atoms with Crippen LogP contribution in [0.2, 0.25) is 0 Å². The van der Waals surface area contributed by atoms with E-state index in [4.69, 9.17) is 5.73 Å². The summed E-state index contributed by atoms with van der Waals surface area (Å²) in [7, 11) is 1.35. The maximum Gasteiger partial charge on any atom is 0.315 e. The zero-order valence-corrected chi connectivity index (χ0v) is 10.6. The predicted molar refractivity (Wildman–Crippen MR) is 62.8 cm³/mol. The quantitative estimate of drug-likeness (QED) is 0.684. The molecule has 5 heteroatoms. The van der Waals surface area contributed by atoms with E-state index >= 15 is 0 Å². The summed E-state index contributed by atoms with van der Waals surface area (Å²) in [5.74, 6) is -0.0644. The summed E-state index contributed by atoms with van der Waals surface area (Å²) in [4.78, 5) is 10.9. The Labute approximate surface area is 95.6 Å². The van der Waals surface area contributed by atoms with Gasteiger partial charge in [0.15, 0.2) is 0 Å². The van der Waals surface area contributed by atoms with Gasteiger partial charge in [0.25, 0.3) is 0 Å². The molecule has 90 valence electrons. The highest BCUT2D eigenvalue weighted by Gasteiger charge is 2.29. The van der Waals surface area contributed by atoms with Crippen molar-refractivity contribution in [3.05, 3.63) is 0 Å². The summed E-state index contributed by atoms with van der Waals surface area (Å²) >= 11 is 1.34. The molecule has 0 aliphatic heterocycles. The van der Waals surface area contributed by atoms with E-state index in [1.165, 1.54) is 18.9 Å². The van der Waals surface area contributed by atoms with Gasteiger partial charge in [-0.3, -0.25) is 4.79 Å². The van der Waals surface area contributed by atoms with E-state index in [-0.39, 0.29) is 35.0 Å². The van der Waals surface area contributed by atoms with Crippen molar-refractivity contribution in [1.29, 1.82) is 0 Å². The van der Waals surface area contributed by atoms with Crippen molar-refractivity contribution < 1.29 is 14.6 Å². The van der Waals surface area contributed by atoms with E-state index in [1.54, 1.807) is 0 Å². The fraction of sp³-hybridized carbons (Fsp3) is 0.900. The fourth-order valence-corrected chi connectivity index (χ4v) is 2.25. The van der Waals surface area contributed by atoms with E-state index < -0.39 is 0 Å². The fourth-order valence-electron chi connectivity index (χ4n) is 1.06. The maximum atomic E-state index is 10.9. The van der Waals surface area contributed by atoms with Gasteiger partial charge in [0, 0.05) is 11.3 Å². The molecule has 0 radical (unpaired) electrons. The Bertz CT molecular complexity index is 203. The molecule has 2 atom stereocenters. The molecule has 0 bridgehead atoms. The number of carbonyl (C=O) groups is 1. The maximum absolute atomic E-state index is 10.9. The van der Waals surface area contributed by atoms with Crippen LogP contribution in [-0.4, -0.2) is 41.8 Å². The number of methoxy groups -OCH3 is 1. The SMILES string of the molecule is COC(=O)CSC(CO)C(N)C(C)(C)C. The molecule has 0 aliphatic carbocycles. The number of hydrogen-bond donors (Lipinski definition) is 2. The zero-order chi connectivity index (χ0) is 12.1. The third-order valence-corrected chi connectivity index (χ3v) is 3.50. The minimum Gasteiger partial charge on any atom is -0.468 e. The first-order valence-electron chi connectivity index (χ1n) is 4.87. The van der Waals surface area contributed by atoms with E-state index in [0.29, 0.717) is 0 Å². The molecule has 2 unspecified atom stereocenters. The van der Waals surface area contributed by atoms with Crippen molar-refractivity contribution in [1.82, 2.24) is 0 Å². The first kappa shape index (κ1) is 14.7. The molecule has 0 saturated heterocycles. The van der Waals surface area contributed by atoms with Crippen molar-refractivity contribution >= 4 is 17.7 Å². The molecule has 0 saturated carbocycles. The number of carbonyl (C=O) groups excluding carboxylic acids is 1. The van der Waals surface area contributed by atoms with Crippen LogP contribution in [0.15, 0.2) is 0 Å². The smallest absolute Gasteiger partial charge is 0.315 e. The minimum absolute atomic E-state index is 0.0277. The molecule has 0 aromatic heterocycles. The third-order valence-electron chi connectivity index (χ3n) is 2.22. The van der Waals surface area contributed by atoms with E-state index in [2.05, 4.69) is 4.74 Å². The van der Waals surface area contributed by atoms with Gasteiger partial charge >= 0.3 is 5.97 Å². The van der Waals surface area contributed by atoms with Gasteiger partial charge in [-0.15, -0.1) is 11.8 Å². The average molecular weight is 235 g/mol. The number of ether oxygens (including phenoxy) is 1. The Hall–Kier alpha value is -0.260. The van der Waals surface area contributed by atoms with Crippen LogP contribution in [0.25, 0.3) is 0 Å². The van der Waals surface area contributed by atoms with Gasteiger partial charge in [-0.25, -0.2) is 0 Å². The first-order valence-corrected chi connectivity index (χ1v) is 5.92. The lowest BCUT2D eigenvalue weighted by Crippen LogP contribution is -2.45. The zero-order valence-electron chi connectivity index (χ0n) is 9.82. The van der Waals surface area contributed by atoms with Crippen molar-refractivity contribution in [2.24, 2.45) is 11.1 Å². The van der Waals surface area contributed by atoms with Gasteiger partial charge in [-0.05, 0) is 5.41 Å². The Morgan fingerprint density at radius 1 is 1.53 bits per heavy atom. The molecule has 15 heavy (non-hydrogen) atoms.